The van der Waals surface area contributed by atoms with E-state index in [-0.39, 0.29) is 17.0 Å². The fourth-order valence-electron chi connectivity index (χ4n) is 2.51. The molecule has 2 aromatic carbocycles. The molecule has 2 aromatic rings. The molecule has 0 fully saturated rings. The average Bonchev–Trinajstić information content (AvgIpc) is 2.47. The molecule has 0 heterocycles. The highest BCUT2D eigenvalue weighted by Gasteiger charge is 2.09. The number of hydrogen-bond acceptors (Lipinski definition) is 2. The standard InChI is InChI=1S/C18H20O2.H2O/c1-3-17(13-5-9-15(19)10-6-13)18(4-2)14-7-11-16(20)12-8-14;/h5-12,19-20H,3-4H2,1-2H3;1H2/b18-17+;. The second-order valence-electron chi connectivity index (χ2n) is 4.76. The van der Waals surface area contributed by atoms with Gasteiger partial charge in [-0.05, 0) is 59.4 Å². The molecule has 3 nitrogen and oxygen atoms in total. The van der Waals surface area contributed by atoms with Crippen molar-refractivity contribution in [3.8, 4) is 11.5 Å². The summed E-state index contributed by atoms with van der Waals surface area (Å²) in [6.07, 6.45) is 1.85. The Kier molecular flexibility index (Phi) is 6.00. The van der Waals surface area contributed by atoms with Crippen LogP contribution in [0, 0.1) is 0 Å². The molecule has 4 N–H and O–H groups in total. The maximum Gasteiger partial charge on any atom is 0.115 e. The minimum atomic E-state index is 0. The highest BCUT2D eigenvalue weighted by molar-refractivity contribution is 5.90. The Bertz CT molecular complexity index is 540. The first-order valence-corrected chi connectivity index (χ1v) is 6.96. The van der Waals surface area contributed by atoms with Gasteiger partial charge >= 0.3 is 0 Å². The lowest BCUT2D eigenvalue weighted by Gasteiger charge is -2.14. The molecule has 0 aromatic heterocycles. The van der Waals surface area contributed by atoms with Crippen molar-refractivity contribution in [1.29, 1.82) is 0 Å². The number of phenolic OH excluding ortho intramolecular Hbond substituents is 2. The minimum absolute atomic E-state index is 0. The van der Waals surface area contributed by atoms with Gasteiger partial charge < -0.3 is 15.7 Å². The fourth-order valence-corrected chi connectivity index (χ4v) is 2.51. The smallest absolute Gasteiger partial charge is 0.115 e. The zero-order chi connectivity index (χ0) is 14.5. The van der Waals surface area contributed by atoms with Gasteiger partial charge in [-0.15, -0.1) is 0 Å². The van der Waals surface area contributed by atoms with Gasteiger partial charge in [0.15, 0.2) is 0 Å². The van der Waals surface area contributed by atoms with E-state index in [0.717, 1.165) is 24.0 Å². The Balaban J connectivity index is 0.00000220. The lowest BCUT2D eigenvalue weighted by atomic mass is 9.91. The van der Waals surface area contributed by atoms with Gasteiger partial charge in [0, 0.05) is 0 Å². The van der Waals surface area contributed by atoms with E-state index in [9.17, 15) is 10.2 Å². The third-order valence-corrected chi connectivity index (χ3v) is 3.50. The van der Waals surface area contributed by atoms with Crippen LogP contribution in [0.2, 0.25) is 0 Å². The van der Waals surface area contributed by atoms with E-state index in [1.165, 1.54) is 11.1 Å². The predicted octanol–water partition coefficient (Wildman–Crippen LogP) is 4.00. The summed E-state index contributed by atoms with van der Waals surface area (Å²) in [6.45, 7) is 4.27. The van der Waals surface area contributed by atoms with Crippen LogP contribution in [-0.4, -0.2) is 15.7 Å². The number of allylic oxidation sites excluding steroid dienone is 2. The van der Waals surface area contributed by atoms with Gasteiger partial charge in [0.05, 0.1) is 0 Å². The maximum atomic E-state index is 9.41. The van der Waals surface area contributed by atoms with Crippen LogP contribution in [0.4, 0.5) is 0 Å². The summed E-state index contributed by atoms with van der Waals surface area (Å²) in [4.78, 5) is 0. The zero-order valence-electron chi connectivity index (χ0n) is 12.4. The van der Waals surface area contributed by atoms with Crippen LogP contribution in [0.25, 0.3) is 11.1 Å². The normalized spacial score (nSPS) is 11.5. The summed E-state index contributed by atoms with van der Waals surface area (Å²) >= 11 is 0. The number of hydrogen-bond donors (Lipinski definition) is 2. The van der Waals surface area contributed by atoms with Gasteiger partial charge in [-0.3, -0.25) is 0 Å². The van der Waals surface area contributed by atoms with Gasteiger partial charge in [0.1, 0.15) is 11.5 Å². The summed E-state index contributed by atoms with van der Waals surface area (Å²) in [5.74, 6) is 0.568. The summed E-state index contributed by atoms with van der Waals surface area (Å²) < 4.78 is 0. The summed E-state index contributed by atoms with van der Waals surface area (Å²) in [7, 11) is 0. The molecule has 112 valence electrons. The second kappa shape index (κ2) is 7.50. The van der Waals surface area contributed by atoms with E-state index in [1.54, 1.807) is 24.3 Å². The van der Waals surface area contributed by atoms with E-state index in [0.29, 0.717) is 0 Å². The average molecular weight is 286 g/mol. The van der Waals surface area contributed by atoms with Crippen molar-refractivity contribution >= 4 is 11.1 Å². The highest BCUT2D eigenvalue weighted by Crippen LogP contribution is 2.32. The van der Waals surface area contributed by atoms with Gasteiger partial charge in [-0.1, -0.05) is 38.1 Å². The van der Waals surface area contributed by atoms with Crippen molar-refractivity contribution in [3.05, 3.63) is 59.7 Å². The third kappa shape index (κ3) is 3.86. The van der Waals surface area contributed by atoms with Crippen molar-refractivity contribution in [1.82, 2.24) is 0 Å². The van der Waals surface area contributed by atoms with E-state index < -0.39 is 0 Å². The number of phenols is 2. The lowest BCUT2D eigenvalue weighted by molar-refractivity contribution is 0.474. The number of benzene rings is 2. The molecule has 0 amide bonds. The quantitative estimate of drug-likeness (QED) is 0.834. The monoisotopic (exact) mass is 286 g/mol. The molecule has 0 saturated heterocycles. The van der Waals surface area contributed by atoms with Crippen molar-refractivity contribution in [2.75, 3.05) is 0 Å². The number of rotatable bonds is 4. The molecule has 0 radical (unpaired) electrons. The van der Waals surface area contributed by atoms with Gasteiger partial charge in [0.25, 0.3) is 0 Å². The fraction of sp³-hybridized carbons (Fsp3) is 0.222. The van der Waals surface area contributed by atoms with E-state index in [1.807, 2.05) is 24.3 Å². The van der Waals surface area contributed by atoms with Crippen molar-refractivity contribution in [2.24, 2.45) is 0 Å². The van der Waals surface area contributed by atoms with Crippen LogP contribution >= 0.6 is 0 Å². The first-order valence-electron chi connectivity index (χ1n) is 6.96. The van der Waals surface area contributed by atoms with E-state index in [2.05, 4.69) is 13.8 Å². The molecular formula is C18H22O3. The topological polar surface area (TPSA) is 72.0 Å². The number of aromatic hydroxyl groups is 2. The van der Waals surface area contributed by atoms with E-state index >= 15 is 0 Å². The molecule has 2 rings (SSSR count). The summed E-state index contributed by atoms with van der Waals surface area (Å²) in [6, 6.07) is 14.7. The van der Waals surface area contributed by atoms with E-state index in [4.69, 9.17) is 0 Å². The molecule has 0 spiro atoms. The lowest BCUT2D eigenvalue weighted by Crippen LogP contribution is -1.91. The van der Waals surface area contributed by atoms with Gasteiger partial charge in [0.2, 0.25) is 0 Å². The Morgan fingerprint density at radius 2 is 0.952 bits per heavy atom. The minimum Gasteiger partial charge on any atom is -0.508 e. The Labute approximate surface area is 125 Å². The Morgan fingerprint density at radius 1 is 0.667 bits per heavy atom. The molecule has 0 atom stereocenters. The first-order chi connectivity index (χ1) is 9.65. The van der Waals surface area contributed by atoms with Crippen LogP contribution in [0.15, 0.2) is 48.5 Å². The Morgan fingerprint density at radius 3 is 1.19 bits per heavy atom. The highest BCUT2D eigenvalue weighted by atomic mass is 16.3. The largest absolute Gasteiger partial charge is 0.508 e. The third-order valence-electron chi connectivity index (χ3n) is 3.50. The van der Waals surface area contributed by atoms with Crippen LogP contribution in [0.3, 0.4) is 0 Å². The first kappa shape index (κ1) is 16.8. The maximum absolute atomic E-state index is 9.41. The molecule has 3 heteroatoms. The molecule has 0 aliphatic rings. The van der Waals surface area contributed by atoms with Crippen LogP contribution in [0.5, 0.6) is 11.5 Å². The Hall–Kier alpha value is -2.26. The second-order valence-corrected chi connectivity index (χ2v) is 4.76. The SMILES string of the molecule is CC/C(=C(/CC)c1ccc(O)cc1)c1ccc(O)cc1.O. The van der Waals surface area contributed by atoms with Crippen LogP contribution in [-0.2, 0) is 0 Å². The van der Waals surface area contributed by atoms with Crippen molar-refractivity contribution < 1.29 is 15.7 Å². The van der Waals surface area contributed by atoms with Crippen molar-refractivity contribution in [2.45, 2.75) is 26.7 Å². The molecule has 0 unspecified atom stereocenters. The predicted molar refractivity (Wildman–Crippen MR) is 87.2 cm³/mol. The summed E-state index contributed by atoms with van der Waals surface area (Å²) in [5.41, 5.74) is 4.82. The van der Waals surface area contributed by atoms with Gasteiger partial charge in [-0.25, -0.2) is 0 Å². The molecule has 0 aliphatic carbocycles. The van der Waals surface area contributed by atoms with Crippen molar-refractivity contribution in [3.63, 3.8) is 0 Å². The molecule has 0 bridgehead atoms. The van der Waals surface area contributed by atoms with Crippen LogP contribution in [0.1, 0.15) is 37.8 Å². The van der Waals surface area contributed by atoms with Crippen LogP contribution < -0.4 is 0 Å². The molecule has 0 saturated carbocycles. The van der Waals surface area contributed by atoms with Gasteiger partial charge in [-0.2, -0.15) is 0 Å². The molecule has 21 heavy (non-hydrogen) atoms. The zero-order valence-corrected chi connectivity index (χ0v) is 12.4. The molecule has 0 aliphatic heterocycles. The molecular weight excluding hydrogens is 264 g/mol. The summed E-state index contributed by atoms with van der Waals surface area (Å²) in [5, 5.41) is 18.8.